The molecule has 3 rings (SSSR count). The Morgan fingerprint density at radius 2 is 1.57 bits per heavy atom. The third kappa shape index (κ3) is 9.50. The van der Waals surface area contributed by atoms with E-state index in [1.807, 2.05) is 56.3 Å². The molecule has 2 aromatic rings. The molecule has 1 amide bonds. The number of aryl methyl sites for hydroxylation is 1. The van der Waals surface area contributed by atoms with Gasteiger partial charge in [-0.05, 0) is 43.4 Å². The Bertz CT molecular complexity index is 911. The standard InChI is InChI=1S/C30H41NO4/c1-4-5-6-7-8-10-13-25-16-18-26(19-17-25)20-21-30(23-34-29(2,3)35-24-30)31-28(32)33-22-27-14-11-9-12-15-27/h9,11-12,14-21H,4-8,10,13,22-24H2,1-3H3,(H,31,32)/b21-20+. The number of hydrogen-bond donors (Lipinski definition) is 1. The summed E-state index contributed by atoms with van der Waals surface area (Å²) in [5, 5.41) is 2.97. The molecule has 0 bridgehead atoms. The van der Waals surface area contributed by atoms with Crippen LogP contribution in [0.5, 0.6) is 0 Å². The van der Waals surface area contributed by atoms with Crippen molar-refractivity contribution in [3.8, 4) is 0 Å². The van der Waals surface area contributed by atoms with Crippen LogP contribution in [0.2, 0.25) is 0 Å². The van der Waals surface area contributed by atoms with Gasteiger partial charge in [-0.25, -0.2) is 4.79 Å². The summed E-state index contributed by atoms with van der Waals surface area (Å²) in [6.45, 7) is 6.80. The average Bonchev–Trinajstić information content (AvgIpc) is 2.87. The lowest BCUT2D eigenvalue weighted by molar-refractivity contribution is -0.263. The van der Waals surface area contributed by atoms with Crippen LogP contribution in [0.15, 0.2) is 60.7 Å². The van der Waals surface area contributed by atoms with Crippen LogP contribution in [0.1, 0.15) is 76.0 Å². The van der Waals surface area contributed by atoms with Crippen molar-refractivity contribution < 1.29 is 19.0 Å². The largest absolute Gasteiger partial charge is 0.445 e. The highest BCUT2D eigenvalue weighted by Crippen LogP contribution is 2.26. The number of carbonyl (C=O) groups excluding carboxylic acids is 1. The van der Waals surface area contributed by atoms with E-state index < -0.39 is 17.4 Å². The van der Waals surface area contributed by atoms with Crippen molar-refractivity contribution in [2.45, 2.75) is 83.6 Å². The van der Waals surface area contributed by atoms with Crippen LogP contribution in [0, 0.1) is 0 Å². The fourth-order valence-electron chi connectivity index (χ4n) is 4.02. The summed E-state index contributed by atoms with van der Waals surface area (Å²) in [6.07, 6.45) is 12.4. The van der Waals surface area contributed by atoms with E-state index in [-0.39, 0.29) is 6.61 Å². The third-order valence-electron chi connectivity index (χ3n) is 6.31. The Morgan fingerprint density at radius 3 is 2.26 bits per heavy atom. The second kappa shape index (κ2) is 13.5. The molecule has 190 valence electrons. The topological polar surface area (TPSA) is 56.8 Å². The number of amides is 1. The maximum absolute atomic E-state index is 12.6. The van der Waals surface area contributed by atoms with Crippen molar-refractivity contribution in [2.75, 3.05) is 13.2 Å². The van der Waals surface area contributed by atoms with Crippen LogP contribution in [0.4, 0.5) is 4.79 Å². The molecule has 5 heteroatoms. The highest BCUT2D eigenvalue weighted by atomic mass is 16.7. The van der Waals surface area contributed by atoms with Gasteiger partial charge in [0.15, 0.2) is 5.79 Å². The first-order valence-corrected chi connectivity index (χ1v) is 12.9. The number of ether oxygens (including phenoxy) is 3. The van der Waals surface area contributed by atoms with E-state index in [4.69, 9.17) is 14.2 Å². The summed E-state index contributed by atoms with van der Waals surface area (Å²) < 4.78 is 17.2. The van der Waals surface area contributed by atoms with Gasteiger partial charge >= 0.3 is 6.09 Å². The van der Waals surface area contributed by atoms with E-state index in [0.29, 0.717) is 13.2 Å². The molecule has 1 fully saturated rings. The molecule has 0 unspecified atom stereocenters. The van der Waals surface area contributed by atoms with E-state index in [1.165, 1.54) is 44.1 Å². The van der Waals surface area contributed by atoms with Crippen LogP contribution in [-0.4, -0.2) is 30.6 Å². The fraction of sp³-hybridized carbons (Fsp3) is 0.500. The maximum Gasteiger partial charge on any atom is 0.408 e. The Balaban J connectivity index is 1.56. The van der Waals surface area contributed by atoms with Crippen LogP contribution < -0.4 is 5.32 Å². The lowest BCUT2D eigenvalue weighted by Gasteiger charge is -2.42. The number of nitrogens with one attached hydrogen (secondary N) is 1. The third-order valence-corrected chi connectivity index (χ3v) is 6.31. The molecule has 35 heavy (non-hydrogen) atoms. The number of benzene rings is 2. The van der Waals surface area contributed by atoms with E-state index in [1.54, 1.807) is 0 Å². The van der Waals surface area contributed by atoms with Crippen molar-refractivity contribution in [3.63, 3.8) is 0 Å². The maximum atomic E-state index is 12.6. The predicted molar refractivity (Wildman–Crippen MR) is 141 cm³/mol. The van der Waals surface area contributed by atoms with E-state index in [9.17, 15) is 4.79 Å². The molecular formula is C30H41NO4. The van der Waals surface area contributed by atoms with Crippen molar-refractivity contribution in [1.29, 1.82) is 0 Å². The summed E-state index contributed by atoms with van der Waals surface area (Å²) >= 11 is 0. The van der Waals surface area contributed by atoms with E-state index in [0.717, 1.165) is 17.5 Å². The molecule has 0 radical (unpaired) electrons. The van der Waals surface area contributed by atoms with Crippen LogP contribution in [0.25, 0.3) is 6.08 Å². The van der Waals surface area contributed by atoms with Crippen molar-refractivity contribution in [2.24, 2.45) is 0 Å². The minimum Gasteiger partial charge on any atom is -0.445 e. The fourth-order valence-corrected chi connectivity index (χ4v) is 4.02. The zero-order valence-corrected chi connectivity index (χ0v) is 21.6. The van der Waals surface area contributed by atoms with Gasteiger partial charge in [0.25, 0.3) is 0 Å². The SMILES string of the molecule is CCCCCCCCc1ccc(/C=C/C2(NC(=O)OCc3ccccc3)COC(C)(C)OC2)cc1. The summed E-state index contributed by atoms with van der Waals surface area (Å²) in [5.74, 6) is -0.689. The number of alkyl carbamates (subject to hydrolysis) is 1. The molecule has 1 N–H and O–H groups in total. The van der Waals surface area contributed by atoms with Crippen molar-refractivity contribution in [1.82, 2.24) is 5.32 Å². The molecular weight excluding hydrogens is 438 g/mol. The Kier molecular flexibility index (Phi) is 10.4. The zero-order valence-electron chi connectivity index (χ0n) is 21.6. The Hall–Kier alpha value is -2.63. The summed E-state index contributed by atoms with van der Waals surface area (Å²) in [7, 11) is 0. The molecule has 1 saturated heterocycles. The summed E-state index contributed by atoms with van der Waals surface area (Å²) in [6, 6.07) is 18.3. The van der Waals surface area contributed by atoms with Gasteiger partial charge in [-0.3, -0.25) is 0 Å². The molecule has 5 nitrogen and oxygen atoms in total. The Labute approximate surface area is 210 Å². The van der Waals surface area contributed by atoms with Gasteiger partial charge in [-0.15, -0.1) is 0 Å². The minimum atomic E-state index is -0.805. The summed E-state index contributed by atoms with van der Waals surface area (Å²) in [5.41, 5.74) is 2.56. The number of carbonyl (C=O) groups is 1. The van der Waals surface area contributed by atoms with Crippen LogP contribution >= 0.6 is 0 Å². The molecule has 0 spiro atoms. The average molecular weight is 480 g/mol. The quantitative estimate of drug-likeness (QED) is 0.331. The van der Waals surface area contributed by atoms with Crippen molar-refractivity contribution >= 4 is 12.2 Å². The smallest absolute Gasteiger partial charge is 0.408 e. The molecule has 1 aliphatic rings. The van der Waals surface area contributed by atoms with Crippen molar-refractivity contribution in [3.05, 3.63) is 77.4 Å². The normalized spacial score (nSPS) is 16.8. The van der Waals surface area contributed by atoms with Gasteiger partial charge in [0.2, 0.25) is 0 Å². The highest BCUT2D eigenvalue weighted by Gasteiger charge is 2.40. The number of rotatable bonds is 12. The molecule has 0 aromatic heterocycles. The van der Waals surface area contributed by atoms with Gasteiger partial charge in [-0.2, -0.15) is 0 Å². The molecule has 1 aliphatic heterocycles. The van der Waals surface area contributed by atoms with E-state index >= 15 is 0 Å². The first-order valence-electron chi connectivity index (χ1n) is 12.9. The predicted octanol–water partition coefficient (Wildman–Crippen LogP) is 7.05. The molecule has 0 saturated carbocycles. The molecule has 2 aromatic carbocycles. The van der Waals surface area contributed by atoms with Crippen LogP contribution in [0.3, 0.4) is 0 Å². The second-order valence-electron chi connectivity index (χ2n) is 9.91. The number of unbranched alkanes of at least 4 members (excludes halogenated alkanes) is 5. The van der Waals surface area contributed by atoms with Gasteiger partial charge in [-0.1, -0.05) is 106 Å². The summed E-state index contributed by atoms with van der Waals surface area (Å²) in [4.78, 5) is 12.6. The number of hydrogen-bond acceptors (Lipinski definition) is 4. The zero-order chi connectivity index (χ0) is 25.0. The lowest BCUT2D eigenvalue weighted by atomic mass is 9.97. The lowest BCUT2D eigenvalue weighted by Crippen LogP contribution is -2.59. The van der Waals surface area contributed by atoms with Crippen LogP contribution in [-0.2, 0) is 27.2 Å². The first-order chi connectivity index (χ1) is 16.9. The van der Waals surface area contributed by atoms with Gasteiger partial charge in [0, 0.05) is 0 Å². The first kappa shape index (κ1) is 27.0. The molecule has 0 atom stereocenters. The molecule has 0 aliphatic carbocycles. The monoisotopic (exact) mass is 479 g/mol. The Morgan fingerprint density at radius 1 is 0.914 bits per heavy atom. The minimum absolute atomic E-state index is 0.208. The van der Waals surface area contributed by atoms with Gasteiger partial charge in [0.1, 0.15) is 12.1 Å². The molecule has 1 heterocycles. The van der Waals surface area contributed by atoms with Gasteiger partial charge in [0.05, 0.1) is 13.2 Å². The second-order valence-corrected chi connectivity index (χ2v) is 9.91. The van der Waals surface area contributed by atoms with Gasteiger partial charge < -0.3 is 19.5 Å². The van der Waals surface area contributed by atoms with E-state index in [2.05, 4.69) is 36.5 Å². The highest BCUT2D eigenvalue weighted by molar-refractivity contribution is 5.69.